The molecule has 0 heterocycles. The van der Waals surface area contributed by atoms with E-state index in [9.17, 15) is 9.59 Å². The molecule has 0 saturated carbocycles. The van der Waals surface area contributed by atoms with Gasteiger partial charge < -0.3 is 10.2 Å². The van der Waals surface area contributed by atoms with Crippen LogP contribution in [0.15, 0.2) is 0 Å². The number of hydrogen-bond acceptors (Lipinski definition) is 4. The SMILES string of the molecule is CC(=O)NC(CS)C(=O)N(CCC#N)C(C)C. The monoisotopic (exact) mass is 257 g/mol. The molecule has 1 N–H and O–H groups in total. The number of carbonyl (C=O) groups excluding carboxylic acids is 2. The van der Waals surface area contributed by atoms with Crippen molar-refractivity contribution >= 4 is 24.4 Å². The van der Waals surface area contributed by atoms with Crippen molar-refractivity contribution in [1.29, 1.82) is 5.26 Å². The summed E-state index contributed by atoms with van der Waals surface area (Å²) >= 11 is 4.06. The molecular formula is C11H19N3O2S. The van der Waals surface area contributed by atoms with Crippen LogP contribution in [0.1, 0.15) is 27.2 Å². The molecule has 0 aromatic heterocycles. The third-order valence-corrected chi connectivity index (χ3v) is 2.59. The molecule has 17 heavy (non-hydrogen) atoms. The van der Waals surface area contributed by atoms with E-state index in [4.69, 9.17) is 5.26 Å². The van der Waals surface area contributed by atoms with Crippen molar-refractivity contribution < 1.29 is 9.59 Å². The zero-order valence-corrected chi connectivity index (χ0v) is 11.3. The van der Waals surface area contributed by atoms with E-state index in [1.807, 2.05) is 19.9 Å². The number of carbonyl (C=O) groups is 2. The zero-order chi connectivity index (χ0) is 13.4. The summed E-state index contributed by atoms with van der Waals surface area (Å²) in [6.07, 6.45) is 0.281. The Morgan fingerprint density at radius 1 is 1.47 bits per heavy atom. The smallest absolute Gasteiger partial charge is 0.246 e. The Balaban J connectivity index is 4.67. The Morgan fingerprint density at radius 3 is 2.41 bits per heavy atom. The second kappa shape index (κ2) is 7.96. The van der Waals surface area contributed by atoms with Crippen LogP contribution < -0.4 is 5.32 Å². The van der Waals surface area contributed by atoms with Gasteiger partial charge in [0, 0.05) is 25.3 Å². The Kier molecular flexibility index (Phi) is 7.39. The minimum atomic E-state index is -0.628. The molecule has 0 aliphatic heterocycles. The minimum Gasteiger partial charge on any atom is -0.344 e. The first-order valence-corrected chi connectivity index (χ1v) is 6.12. The number of nitriles is 1. The highest BCUT2D eigenvalue weighted by Gasteiger charge is 2.25. The summed E-state index contributed by atoms with van der Waals surface area (Å²) in [5, 5.41) is 11.1. The van der Waals surface area contributed by atoms with Gasteiger partial charge in [0.1, 0.15) is 6.04 Å². The van der Waals surface area contributed by atoms with Crippen molar-refractivity contribution in [2.75, 3.05) is 12.3 Å². The summed E-state index contributed by atoms with van der Waals surface area (Å²) in [5.41, 5.74) is 0. The van der Waals surface area contributed by atoms with Crippen molar-refractivity contribution in [3.63, 3.8) is 0 Å². The molecule has 0 bridgehead atoms. The van der Waals surface area contributed by atoms with Crippen LogP contribution in [-0.2, 0) is 9.59 Å². The molecule has 0 radical (unpaired) electrons. The summed E-state index contributed by atoms with van der Waals surface area (Å²) in [4.78, 5) is 24.6. The lowest BCUT2D eigenvalue weighted by atomic mass is 10.2. The molecule has 0 saturated heterocycles. The lowest BCUT2D eigenvalue weighted by Gasteiger charge is -2.29. The van der Waals surface area contributed by atoms with Gasteiger partial charge in [-0.05, 0) is 13.8 Å². The molecule has 1 atom stereocenters. The quantitative estimate of drug-likeness (QED) is 0.683. The number of nitrogens with zero attached hydrogens (tertiary/aromatic N) is 2. The molecule has 0 fully saturated rings. The van der Waals surface area contributed by atoms with Gasteiger partial charge in [-0.3, -0.25) is 9.59 Å². The molecule has 5 nitrogen and oxygen atoms in total. The highest BCUT2D eigenvalue weighted by atomic mass is 32.1. The largest absolute Gasteiger partial charge is 0.344 e. The van der Waals surface area contributed by atoms with E-state index < -0.39 is 6.04 Å². The topological polar surface area (TPSA) is 73.2 Å². The van der Waals surface area contributed by atoms with Crippen LogP contribution in [0.2, 0.25) is 0 Å². The van der Waals surface area contributed by atoms with Crippen LogP contribution in [0.3, 0.4) is 0 Å². The van der Waals surface area contributed by atoms with Crippen LogP contribution in [0.4, 0.5) is 0 Å². The summed E-state index contributed by atoms with van der Waals surface area (Å²) in [7, 11) is 0. The van der Waals surface area contributed by atoms with E-state index in [-0.39, 0.29) is 30.0 Å². The van der Waals surface area contributed by atoms with Crippen LogP contribution in [0, 0.1) is 11.3 Å². The molecule has 6 heteroatoms. The van der Waals surface area contributed by atoms with Gasteiger partial charge in [-0.1, -0.05) is 0 Å². The second-order valence-electron chi connectivity index (χ2n) is 3.97. The van der Waals surface area contributed by atoms with Crippen molar-refractivity contribution in [2.45, 2.75) is 39.3 Å². The molecule has 96 valence electrons. The molecule has 0 aliphatic rings. The van der Waals surface area contributed by atoms with Gasteiger partial charge in [0.15, 0.2) is 0 Å². The second-order valence-corrected chi connectivity index (χ2v) is 4.33. The van der Waals surface area contributed by atoms with Gasteiger partial charge in [0.2, 0.25) is 11.8 Å². The molecule has 0 rings (SSSR count). The van der Waals surface area contributed by atoms with E-state index in [1.165, 1.54) is 6.92 Å². The Bertz CT molecular complexity index is 312. The maximum absolute atomic E-state index is 12.1. The Hall–Kier alpha value is -1.22. The van der Waals surface area contributed by atoms with Crippen LogP contribution in [-0.4, -0.2) is 41.1 Å². The van der Waals surface area contributed by atoms with E-state index >= 15 is 0 Å². The predicted octanol–water partition coefficient (Wildman–Crippen LogP) is 0.572. The number of nitrogens with one attached hydrogen (secondary N) is 1. The number of thiol groups is 1. The Morgan fingerprint density at radius 2 is 2.06 bits per heavy atom. The van der Waals surface area contributed by atoms with Crippen LogP contribution in [0.5, 0.6) is 0 Å². The fraction of sp³-hybridized carbons (Fsp3) is 0.727. The molecule has 0 aromatic carbocycles. The van der Waals surface area contributed by atoms with Gasteiger partial charge in [-0.25, -0.2) is 0 Å². The minimum absolute atomic E-state index is 0.00742. The lowest BCUT2D eigenvalue weighted by molar-refractivity contribution is -0.136. The first kappa shape index (κ1) is 15.8. The van der Waals surface area contributed by atoms with Gasteiger partial charge >= 0.3 is 0 Å². The van der Waals surface area contributed by atoms with E-state index in [0.29, 0.717) is 6.54 Å². The van der Waals surface area contributed by atoms with Crippen molar-refractivity contribution in [2.24, 2.45) is 0 Å². The first-order valence-electron chi connectivity index (χ1n) is 5.49. The van der Waals surface area contributed by atoms with Gasteiger partial charge in [0.05, 0.1) is 12.5 Å². The van der Waals surface area contributed by atoms with Crippen LogP contribution in [0.25, 0.3) is 0 Å². The maximum Gasteiger partial charge on any atom is 0.246 e. The number of amides is 2. The fourth-order valence-electron chi connectivity index (χ4n) is 1.42. The molecule has 0 aliphatic carbocycles. The lowest BCUT2D eigenvalue weighted by Crippen LogP contribution is -2.51. The molecule has 1 unspecified atom stereocenters. The highest BCUT2D eigenvalue weighted by molar-refractivity contribution is 7.80. The summed E-state index contributed by atoms with van der Waals surface area (Å²) in [5.74, 6) is -0.212. The average molecular weight is 257 g/mol. The number of rotatable bonds is 6. The fourth-order valence-corrected chi connectivity index (χ4v) is 1.67. The predicted molar refractivity (Wildman–Crippen MR) is 68.5 cm³/mol. The third-order valence-electron chi connectivity index (χ3n) is 2.23. The van der Waals surface area contributed by atoms with Gasteiger partial charge in [-0.2, -0.15) is 17.9 Å². The highest BCUT2D eigenvalue weighted by Crippen LogP contribution is 2.05. The first-order chi connectivity index (χ1) is 7.93. The average Bonchev–Trinajstić information content (AvgIpc) is 2.25. The van der Waals surface area contributed by atoms with Gasteiger partial charge in [-0.15, -0.1) is 0 Å². The number of hydrogen-bond donors (Lipinski definition) is 2. The summed E-state index contributed by atoms with van der Waals surface area (Å²) in [6.45, 7) is 5.48. The Labute approximate surface area is 108 Å². The van der Waals surface area contributed by atoms with E-state index in [1.54, 1.807) is 4.90 Å². The maximum atomic E-state index is 12.1. The molecular weight excluding hydrogens is 238 g/mol. The summed E-state index contributed by atoms with van der Waals surface area (Å²) < 4.78 is 0. The van der Waals surface area contributed by atoms with Crippen LogP contribution >= 0.6 is 12.6 Å². The molecule has 2 amide bonds. The van der Waals surface area contributed by atoms with Crippen molar-refractivity contribution in [3.05, 3.63) is 0 Å². The third kappa shape index (κ3) is 5.59. The van der Waals surface area contributed by atoms with Crippen molar-refractivity contribution in [3.8, 4) is 6.07 Å². The van der Waals surface area contributed by atoms with Gasteiger partial charge in [0.25, 0.3) is 0 Å². The van der Waals surface area contributed by atoms with Crippen molar-refractivity contribution in [1.82, 2.24) is 10.2 Å². The summed E-state index contributed by atoms with van der Waals surface area (Å²) in [6, 6.07) is 1.37. The normalized spacial score (nSPS) is 11.8. The van der Waals surface area contributed by atoms with E-state index in [0.717, 1.165) is 0 Å². The molecule has 0 spiro atoms. The standard InChI is InChI=1S/C11H19N3O2S/c1-8(2)14(6-4-5-12)11(16)10(7-17)13-9(3)15/h8,10,17H,4,6-7H2,1-3H3,(H,13,15). The zero-order valence-electron chi connectivity index (χ0n) is 10.4. The van der Waals surface area contributed by atoms with E-state index in [2.05, 4.69) is 17.9 Å². The molecule has 0 aromatic rings.